The van der Waals surface area contributed by atoms with E-state index in [4.69, 9.17) is 19.3 Å². The third-order valence-corrected chi connectivity index (χ3v) is 12.4. The number of ether oxygens (including phenoxy) is 2. The molecule has 9 heteroatoms. The molecule has 0 bridgehead atoms. The zero-order valence-corrected chi connectivity index (χ0v) is 40.1. The maximum absolute atomic E-state index is 12.5. The Kier molecular flexibility index (Phi) is 45.8. The molecule has 0 aliphatic heterocycles. The van der Waals surface area contributed by atoms with Gasteiger partial charge >= 0.3 is 19.8 Å². The van der Waals surface area contributed by atoms with Crippen molar-refractivity contribution in [1.82, 2.24) is 0 Å². The third-order valence-electron chi connectivity index (χ3n) is 11.9. The summed E-state index contributed by atoms with van der Waals surface area (Å²) < 4.78 is 26.5. The van der Waals surface area contributed by atoms with E-state index in [0.717, 1.165) is 32.1 Å². The number of phosphoric acid groups is 1. The van der Waals surface area contributed by atoms with Gasteiger partial charge in [0.15, 0.2) is 6.10 Å². The highest BCUT2D eigenvalue weighted by Crippen LogP contribution is 2.36. The van der Waals surface area contributed by atoms with Crippen molar-refractivity contribution in [2.45, 2.75) is 296 Å². The molecule has 8 nitrogen and oxygen atoms in total. The number of esters is 2. The molecule has 0 aromatic heterocycles. The summed E-state index contributed by atoms with van der Waals surface area (Å²) in [6.07, 6.45) is 52.7. The Morgan fingerprint density at radius 2 is 0.610 bits per heavy atom. The Hall–Kier alpha value is -0.950. The molecule has 1 atom stereocenters. The number of rotatable bonds is 49. The molecular formula is C50H99O8P. The topological polar surface area (TPSA) is 119 Å². The average Bonchev–Trinajstić information content (AvgIpc) is 3.21. The van der Waals surface area contributed by atoms with Gasteiger partial charge in [-0.3, -0.25) is 14.1 Å². The van der Waals surface area contributed by atoms with Crippen LogP contribution < -0.4 is 0 Å². The summed E-state index contributed by atoms with van der Waals surface area (Å²) in [7, 11) is -4.75. The van der Waals surface area contributed by atoms with Crippen LogP contribution in [-0.4, -0.2) is 41.0 Å². The zero-order chi connectivity index (χ0) is 43.2. The van der Waals surface area contributed by atoms with Crippen LogP contribution in [0, 0.1) is 0 Å². The molecule has 352 valence electrons. The van der Waals surface area contributed by atoms with Crippen LogP contribution in [0.2, 0.25) is 0 Å². The fourth-order valence-corrected chi connectivity index (χ4v) is 8.39. The summed E-state index contributed by atoms with van der Waals surface area (Å²) in [6.45, 7) is 3.75. The lowest BCUT2D eigenvalue weighted by Gasteiger charge is -2.18. The molecule has 0 rings (SSSR count). The second-order valence-electron chi connectivity index (χ2n) is 17.9. The average molecular weight is 859 g/mol. The quantitative estimate of drug-likeness (QED) is 0.0353. The summed E-state index contributed by atoms with van der Waals surface area (Å²) in [5.74, 6) is -0.860. The summed E-state index contributed by atoms with van der Waals surface area (Å²) in [6, 6.07) is 0. The Balaban J connectivity index is 3.74. The van der Waals surface area contributed by atoms with Gasteiger partial charge < -0.3 is 19.3 Å². The first-order valence-corrected chi connectivity index (χ1v) is 27.4. The standard InChI is InChI=1S/C50H99O8P/c1-3-5-7-9-11-13-15-17-19-21-23-24-25-26-27-29-31-33-35-37-39-41-43-45-50(52)58-48(47-57-59(53,54)55)46-56-49(51)44-42-40-38-36-34-32-30-28-22-20-18-16-14-12-10-8-6-4-2/h48H,3-47H2,1-2H3,(H2,53,54,55)/t48-/m1/s1. The van der Waals surface area contributed by atoms with Gasteiger partial charge in [0.05, 0.1) is 6.61 Å². The van der Waals surface area contributed by atoms with Gasteiger partial charge in [-0.2, -0.15) is 0 Å². The predicted octanol–water partition coefficient (Wildman–Crippen LogP) is 16.4. The normalized spacial score (nSPS) is 12.3. The van der Waals surface area contributed by atoms with Crippen molar-refractivity contribution < 1.29 is 37.9 Å². The van der Waals surface area contributed by atoms with E-state index in [1.165, 1.54) is 225 Å². The first kappa shape index (κ1) is 58.0. The van der Waals surface area contributed by atoms with Gasteiger partial charge in [-0.1, -0.05) is 264 Å². The van der Waals surface area contributed by atoms with Gasteiger partial charge in [-0.05, 0) is 12.8 Å². The molecule has 0 unspecified atom stereocenters. The van der Waals surface area contributed by atoms with Crippen LogP contribution in [0.25, 0.3) is 0 Å². The maximum Gasteiger partial charge on any atom is 0.469 e. The number of carbonyl (C=O) groups excluding carboxylic acids is 2. The van der Waals surface area contributed by atoms with E-state index in [9.17, 15) is 14.2 Å². The van der Waals surface area contributed by atoms with Crippen LogP contribution in [0.4, 0.5) is 0 Å². The first-order chi connectivity index (χ1) is 28.8. The first-order valence-electron chi connectivity index (χ1n) is 25.8. The fraction of sp³-hybridized carbons (Fsp3) is 0.960. The molecule has 0 saturated heterocycles. The molecule has 59 heavy (non-hydrogen) atoms. The Bertz CT molecular complexity index is 925. The van der Waals surface area contributed by atoms with Gasteiger partial charge in [-0.25, -0.2) is 4.57 Å². The minimum absolute atomic E-state index is 0.221. The zero-order valence-electron chi connectivity index (χ0n) is 39.2. The third kappa shape index (κ3) is 49.6. The lowest BCUT2D eigenvalue weighted by molar-refractivity contribution is -0.161. The SMILES string of the molecule is CCCCCCCCCCCCCCCCCCCCCCCCCC(=O)O[C@H](COC(=O)CCCCCCCCCCCCCCCCCCCC)COP(=O)(O)O. The highest BCUT2D eigenvalue weighted by Gasteiger charge is 2.23. The predicted molar refractivity (Wildman–Crippen MR) is 249 cm³/mol. The Labute approximate surface area is 365 Å². The van der Waals surface area contributed by atoms with Crippen LogP contribution >= 0.6 is 7.82 Å². The molecule has 0 aromatic rings. The minimum atomic E-state index is -4.75. The van der Waals surface area contributed by atoms with Gasteiger partial charge in [-0.15, -0.1) is 0 Å². The monoisotopic (exact) mass is 859 g/mol. The van der Waals surface area contributed by atoms with Crippen LogP contribution in [0.15, 0.2) is 0 Å². The van der Waals surface area contributed by atoms with Crippen LogP contribution in [0.1, 0.15) is 290 Å². The maximum atomic E-state index is 12.5. The van der Waals surface area contributed by atoms with E-state index in [0.29, 0.717) is 6.42 Å². The Morgan fingerprint density at radius 3 is 0.864 bits per heavy atom. The van der Waals surface area contributed by atoms with Crippen molar-refractivity contribution in [3.63, 3.8) is 0 Å². The lowest BCUT2D eigenvalue weighted by Crippen LogP contribution is -2.29. The van der Waals surface area contributed by atoms with E-state index in [1.807, 2.05) is 0 Å². The lowest BCUT2D eigenvalue weighted by atomic mass is 10.0. The number of unbranched alkanes of at least 4 members (excludes halogenated alkanes) is 39. The summed E-state index contributed by atoms with van der Waals surface area (Å²) in [4.78, 5) is 43.1. The van der Waals surface area contributed by atoms with E-state index < -0.39 is 32.5 Å². The fourth-order valence-electron chi connectivity index (χ4n) is 8.03. The molecule has 0 aliphatic carbocycles. The highest BCUT2D eigenvalue weighted by molar-refractivity contribution is 7.46. The molecule has 0 radical (unpaired) electrons. The number of carbonyl (C=O) groups is 2. The Morgan fingerprint density at radius 1 is 0.373 bits per heavy atom. The molecule has 0 amide bonds. The van der Waals surface area contributed by atoms with Crippen molar-refractivity contribution in [3.05, 3.63) is 0 Å². The van der Waals surface area contributed by atoms with E-state index in [2.05, 4.69) is 18.4 Å². The van der Waals surface area contributed by atoms with Crippen molar-refractivity contribution >= 4 is 19.8 Å². The number of phosphoric ester groups is 1. The molecule has 0 fully saturated rings. The largest absolute Gasteiger partial charge is 0.469 e. The summed E-state index contributed by atoms with van der Waals surface area (Å²) >= 11 is 0. The molecular weight excluding hydrogens is 760 g/mol. The molecule has 0 aromatic carbocycles. The second-order valence-corrected chi connectivity index (χ2v) is 19.1. The van der Waals surface area contributed by atoms with Gasteiger partial charge in [0.1, 0.15) is 6.61 Å². The molecule has 2 N–H and O–H groups in total. The van der Waals surface area contributed by atoms with E-state index in [-0.39, 0.29) is 19.4 Å². The smallest absolute Gasteiger partial charge is 0.462 e. The highest BCUT2D eigenvalue weighted by atomic mass is 31.2. The van der Waals surface area contributed by atoms with E-state index >= 15 is 0 Å². The number of hydrogen-bond acceptors (Lipinski definition) is 6. The molecule has 0 saturated carbocycles. The van der Waals surface area contributed by atoms with Gasteiger partial charge in [0, 0.05) is 12.8 Å². The van der Waals surface area contributed by atoms with Gasteiger partial charge in [0.25, 0.3) is 0 Å². The van der Waals surface area contributed by atoms with Crippen molar-refractivity contribution in [2.75, 3.05) is 13.2 Å². The van der Waals surface area contributed by atoms with Gasteiger partial charge in [0.2, 0.25) is 0 Å². The van der Waals surface area contributed by atoms with Crippen molar-refractivity contribution in [3.8, 4) is 0 Å². The van der Waals surface area contributed by atoms with Crippen LogP contribution in [0.3, 0.4) is 0 Å². The summed E-state index contributed by atoms with van der Waals surface area (Å²) in [5, 5.41) is 0. The second kappa shape index (κ2) is 46.6. The van der Waals surface area contributed by atoms with E-state index in [1.54, 1.807) is 0 Å². The molecule has 0 aliphatic rings. The molecule has 0 spiro atoms. The van der Waals surface area contributed by atoms with Crippen molar-refractivity contribution in [2.24, 2.45) is 0 Å². The van der Waals surface area contributed by atoms with Crippen molar-refractivity contribution in [1.29, 1.82) is 0 Å². The minimum Gasteiger partial charge on any atom is -0.462 e. The van der Waals surface area contributed by atoms with Crippen LogP contribution in [-0.2, 0) is 28.2 Å². The summed E-state index contributed by atoms with van der Waals surface area (Å²) in [5.41, 5.74) is 0. The number of hydrogen-bond donors (Lipinski definition) is 2. The molecule has 0 heterocycles. The van der Waals surface area contributed by atoms with Crippen LogP contribution in [0.5, 0.6) is 0 Å².